The molecule has 2 aromatic heterocycles. The van der Waals surface area contributed by atoms with Crippen LogP contribution < -0.4 is 10.6 Å². The molecule has 132 valence electrons. The first-order valence-corrected chi connectivity index (χ1v) is 9.22. The predicted molar refractivity (Wildman–Crippen MR) is 105 cm³/mol. The number of nitrogens with one attached hydrogen (secondary N) is 2. The van der Waals surface area contributed by atoms with E-state index in [0.29, 0.717) is 18.5 Å². The van der Waals surface area contributed by atoms with Gasteiger partial charge < -0.3 is 10.6 Å². The van der Waals surface area contributed by atoms with E-state index >= 15 is 0 Å². The summed E-state index contributed by atoms with van der Waals surface area (Å²) in [7, 11) is 0. The topological polar surface area (TPSA) is 62.7 Å². The Morgan fingerprint density at radius 1 is 0.923 bits per heavy atom. The van der Waals surface area contributed by atoms with Crippen molar-refractivity contribution in [3.63, 3.8) is 0 Å². The van der Waals surface area contributed by atoms with Crippen LogP contribution in [0.15, 0.2) is 60.8 Å². The van der Waals surface area contributed by atoms with Crippen LogP contribution in [0, 0.1) is 0 Å². The number of nitrogens with zero attached hydrogens (tertiary/aromatic N) is 3. The molecular formula is C21H23N5. The van der Waals surface area contributed by atoms with Gasteiger partial charge in [0.25, 0.3) is 0 Å². The van der Waals surface area contributed by atoms with Gasteiger partial charge in [-0.2, -0.15) is 4.98 Å². The minimum atomic E-state index is 0.511. The highest BCUT2D eigenvalue weighted by atomic mass is 15.2. The van der Waals surface area contributed by atoms with Crippen LogP contribution in [0.1, 0.15) is 31.4 Å². The number of hydrogen-bond donors (Lipinski definition) is 2. The molecule has 1 aromatic carbocycles. The van der Waals surface area contributed by atoms with Gasteiger partial charge in [-0.1, -0.05) is 49.2 Å². The quantitative estimate of drug-likeness (QED) is 0.688. The lowest BCUT2D eigenvalue weighted by Gasteiger charge is -2.15. The lowest BCUT2D eigenvalue weighted by Crippen LogP contribution is -2.16. The summed E-state index contributed by atoms with van der Waals surface area (Å²) >= 11 is 0. The molecule has 0 amide bonds. The van der Waals surface area contributed by atoms with E-state index in [1.807, 2.05) is 42.5 Å². The third kappa shape index (κ3) is 4.17. The second-order valence-corrected chi connectivity index (χ2v) is 6.63. The largest absolute Gasteiger partial charge is 0.367 e. The molecule has 1 fully saturated rings. The zero-order valence-corrected chi connectivity index (χ0v) is 14.7. The molecule has 0 atom stereocenters. The molecule has 0 bridgehead atoms. The third-order valence-corrected chi connectivity index (χ3v) is 4.66. The maximum Gasteiger partial charge on any atom is 0.225 e. The zero-order chi connectivity index (χ0) is 17.6. The molecule has 4 rings (SSSR count). The highest BCUT2D eigenvalue weighted by Crippen LogP contribution is 2.25. The van der Waals surface area contributed by atoms with Gasteiger partial charge in [-0.25, -0.2) is 4.98 Å². The first kappa shape index (κ1) is 16.5. The van der Waals surface area contributed by atoms with E-state index in [1.165, 1.54) is 25.7 Å². The Morgan fingerprint density at radius 3 is 2.50 bits per heavy atom. The molecule has 0 radical (unpaired) electrons. The maximum atomic E-state index is 4.70. The Morgan fingerprint density at radius 2 is 1.73 bits per heavy atom. The van der Waals surface area contributed by atoms with E-state index in [-0.39, 0.29) is 0 Å². The highest BCUT2D eigenvalue weighted by Gasteiger charge is 2.16. The second kappa shape index (κ2) is 7.95. The van der Waals surface area contributed by atoms with Crippen molar-refractivity contribution in [1.29, 1.82) is 0 Å². The van der Waals surface area contributed by atoms with Gasteiger partial charge in [-0.15, -0.1) is 0 Å². The van der Waals surface area contributed by atoms with Crippen molar-refractivity contribution < 1.29 is 0 Å². The average Bonchev–Trinajstić information content (AvgIpc) is 3.21. The molecule has 0 spiro atoms. The average molecular weight is 345 g/mol. The van der Waals surface area contributed by atoms with Crippen molar-refractivity contribution in [3.8, 4) is 11.3 Å². The summed E-state index contributed by atoms with van der Waals surface area (Å²) < 4.78 is 0. The Kier molecular flexibility index (Phi) is 5.05. The summed E-state index contributed by atoms with van der Waals surface area (Å²) in [6.07, 6.45) is 6.80. The van der Waals surface area contributed by atoms with Crippen molar-refractivity contribution >= 4 is 11.8 Å². The molecule has 1 saturated carbocycles. The number of anilines is 2. The SMILES string of the molecule is c1ccc(-c2cc(NC3CCCC3)nc(NCc3ccccn3)n2)cc1. The molecule has 2 N–H and O–H groups in total. The Hall–Kier alpha value is -2.95. The predicted octanol–water partition coefficient (Wildman–Crippen LogP) is 4.51. The van der Waals surface area contributed by atoms with Gasteiger partial charge in [-0.05, 0) is 25.0 Å². The number of pyridine rings is 1. The Balaban J connectivity index is 1.58. The van der Waals surface area contributed by atoms with Crippen molar-refractivity contribution in [1.82, 2.24) is 15.0 Å². The van der Waals surface area contributed by atoms with Gasteiger partial charge in [-0.3, -0.25) is 4.98 Å². The van der Waals surface area contributed by atoms with E-state index in [0.717, 1.165) is 22.8 Å². The molecule has 0 aliphatic heterocycles. The standard InChI is InChI=1S/C21H23N5/c1-2-8-16(9-3-1)19-14-20(24-17-10-4-5-11-17)26-21(25-19)23-15-18-12-6-7-13-22-18/h1-3,6-9,12-14,17H,4-5,10-11,15H2,(H2,23,24,25,26). The maximum absolute atomic E-state index is 4.70. The lowest BCUT2D eigenvalue weighted by molar-refractivity contribution is 0.750. The fraction of sp³-hybridized carbons (Fsp3) is 0.286. The normalized spacial score (nSPS) is 14.3. The minimum Gasteiger partial charge on any atom is -0.367 e. The molecule has 26 heavy (non-hydrogen) atoms. The van der Waals surface area contributed by atoms with Crippen molar-refractivity contribution in [2.45, 2.75) is 38.3 Å². The first-order chi connectivity index (χ1) is 12.9. The number of benzene rings is 1. The Labute approximate surface area is 153 Å². The van der Waals surface area contributed by atoms with Crippen molar-refractivity contribution in [2.75, 3.05) is 10.6 Å². The van der Waals surface area contributed by atoms with Crippen LogP contribution in [0.4, 0.5) is 11.8 Å². The monoisotopic (exact) mass is 345 g/mol. The molecule has 5 nitrogen and oxygen atoms in total. The number of aromatic nitrogens is 3. The molecular weight excluding hydrogens is 322 g/mol. The van der Waals surface area contributed by atoms with E-state index < -0.39 is 0 Å². The lowest BCUT2D eigenvalue weighted by atomic mass is 10.1. The van der Waals surface area contributed by atoms with Crippen LogP contribution in [0.2, 0.25) is 0 Å². The second-order valence-electron chi connectivity index (χ2n) is 6.63. The number of hydrogen-bond acceptors (Lipinski definition) is 5. The summed E-state index contributed by atoms with van der Waals surface area (Å²) in [4.78, 5) is 13.7. The first-order valence-electron chi connectivity index (χ1n) is 9.22. The summed E-state index contributed by atoms with van der Waals surface area (Å²) in [6, 6.07) is 18.7. The summed E-state index contributed by atoms with van der Waals surface area (Å²) in [5.41, 5.74) is 2.97. The van der Waals surface area contributed by atoms with E-state index in [4.69, 9.17) is 4.98 Å². The van der Waals surface area contributed by atoms with E-state index in [2.05, 4.69) is 32.7 Å². The van der Waals surface area contributed by atoms with E-state index in [1.54, 1.807) is 6.20 Å². The van der Waals surface area contributed by atoms with Crippen LogP contribution in [0.3, 0.4) is 0 Å². The molecule has 3 aromatic rings. The summed E-state index contributed by atoms with van der Waals surface area (Å²) in [5, 5.41) is 6.89. The van der Waals surface area contributed by atoms with Gasteiger partial charge in [0.15, 0.2) is 0 Å². The van der Waals surface area contributed by atoms with Crippen molar-refractivity contribution in [2.24, 2.45) is 0 Å². The highest BCUT2D eigenvalue weighted by molar-refractivity contribution is 5.64. The van der Waals surface area contributed by atoms with Gasteiger partial charge in [0, 0.05) is 23.9 Å². The van der Waals surface area contributed by atoms with Gasteiger partial charge in [0.05, 0.1) is 17.9 Å². The van der Waals surface area contributed by atoms with Crippen LogP contribution in [0.25, 0.3) is 11.3 Å². The van der Waals surface area contributed by atoms with Gasteiger partial charge in [0.2, 0.25) is 5.95 Å². The third-order valence-electron chi connectivity index (χ3n) is 4.66. The fourth-order valence-corrected chi connectivity index (χ4v) is 3.31. The molecule has 0 saturated heterocycles. The van der Waals surface area contributed by atoms with Gasteiger partial charge in [0.1, 0.15) is 5.82 Å². The van der Waals surface area contributed by atoms with Crippen LogP contribution in [-0.2, 0) is 6.54 Å². The molecule has 2 heterocycles. The van der Waals surface area contributed by atoms with Crippen molar-refractivity contribution in [3.05, 3.63) is 66.5 Å². The summed E-state index contributed by atoms with van der Waals surface area (Å²) in [6.45, 7) is 0.599. The number of rotatable bonds is 6. The molecule has 1 aliphatic carbocycles. The van der Waals surface area contributed by atoms with Crippen LogP contribution in [-0.4, -0.2) is 21.0 Å². The van der Waals surface area contributed by atoms with Crippen LogP contribution >= 0.6 is 0 Å². The van der Waals surface area contributed by atoms with E-state index in [9.17, 15) is 0 Å². The Bertz CT molecular complexity index is 830. The zero-order valence-electron chi connectivity index (χ0n) is 14.7. The van der Waals surface area contributed by atoms with Crippen LogP contribution in [0.5, 0.6) is 0 Å². The smallest absolute Gasteiger partial charge is 0.225 e. The molecule has 0 unspecified atom stereocenters. The minimum absolute atomic E-state index is 0.511. The fourth-order valence-electron chi connectivity index (χ4n) is 3.31. The molecule has 5 heteroatoms. The van der Waals surface area contributed by atoms with Gasteiger partial charge >= 0.3 is 0 Å². The molecule has 1 aliphatic rings. The summed E-state index contributed by atoms with van der Waals surface area (Å²) in [5.74, 6) is 1.51.